The second kappa shape index (κ2) is 13.0. The molecule has 0 unspecified atom stereocenters. The molecular formula is C41H50N3O2Pt-. The fraction of sp³-hybridized carbons (Fsp3) is 0.463. The number of ether oxygens (including phenoxy) is 1. The number of phenols is 1. The summed E-state index contributed by atoms with van der Waals surface area (Å²) in [5, 5.41) is 11.8. The van der Waals surface area contributed by atoms with Crippen LogP contribution < -0.4 is 9.64 Å². The topological polar surface area (TPSA) is 58.0 Å². The largest absolute Gasteiger partial charge is 0.506 e. The van der Waals surface area contributed by atoms with Gasteiger partial charge in [0, 0.05) is 50.0 Å². The molecule has 3 aromatic carbocycles. The Labute approximate surface area is 296 Å². The minimum Gasteiger partial charge on any atom is -0.506 e. The number of pyridine rings is 1. The molecule has 1 N–H and O–H groups in total. The van der Waals surface area contributed by atoms with Crippen LogP contribution in [-0.2, 0) is 31.9 Å². The van der Waals surface area contributed by atoms with E-state index in [0.29, 0.717) is 23.2 Å². The molecule has 1 fully saturated rings. The van der Waals surface area contributed by atoms with Crippen LogP contribution in [0.25, 0.3) is 10.9 Å². The Morgan fingerprint density at radius 3 is 2.11 bits per heavy atom. The number of fused-ring (bicyclic) bond motifs is 2. The van der Waals surface area contributed by atoms with E-state index in [1.54, 1.807) is 0 Å². The summed E-state index contributed by atoms with van der Waals surface area (Å²) in [6.45, 7) is 22.1. The van der Waals surface area contributed by atoms with Gasteiger partial charge in [0.2, 0.25) is 5.88 Å². The quantitative estimate of drug-likeness (QED) is 0.209. The summed E-state index contributed by atoms with van der Waals surface area (Å²) in [6.07, 6.45) is 5.95. The zero-order valence-corrected chi connectivity index (χ0v) is 32.0. The third-order valence-corrected chi connectivity index (χ3v) is 10.1. The summed E-state index contributed by atoms with van der Waals surface area (Å²) in [5.41, 5.74) is 10.0. The number of nitrogens with zero attached hydrogens (tertiary/aromatic N) is 3. The van der Waals surface area contributed by atoms with E-state index in [-0.39, 0.29) is 43.7 Å². The number of phenolic OH excluding ortho intramolecular Hbond substituents is 1. The van der Waals surface area contributed by atoms with Crippen molar-refractivity contribution in [2.45, 2.75) is 124 Å². The van der Waals surface area contributed by atoms with Gasteiger partial charge in [-0.25, -0.2) is 4.98 Å². The number of hydrogen-bond donors (Lipinski definition) is 1. The molecule has 2 atom stereocenters. The van der Waals surface area contributed by atoms with Gasteiger partial charge in [0.1, 0.15) is 11.3 Å². The van der Waals surface area contributed by atoms with Crippen molar-refractivity contribution in [2.24, 2.45) is 4.99 Å². The van der Waals surface area contributed by atoms with Crippen molar-refractivity contribution in [1.29, 1.82) is 0 Å². The van der Waals surface area contributed by atoms with Crippen LogP contribution in [-0.4, -0.2) is 28.0 Å². The van der Waals surface area contributed by atoms with Crippen molar-refractivity contribution in [3.05, 3.63) is 87.5 Å². The van der Waals surface area contributed by atoms with Gasteiger partial charge in [-0.05, 0) is 97.4 Å². The molecule has 0 saturated heterocycles. The molecule has 0 bridgehead atoms. The maximum Gasteiger partial charge on any atom is 0.217 e. The summed E-state index contributed by atoms with van der Waals surface area (Å²) in [7, 11) is 0. The van der Waals surface area contributed by atoms with Crippen molar-refractivity contribution in [1.82, 2.24) is 4.98 Å². The predicted molar refractivity (Wildman–Crippen MR) is 191 cm³/mol. The van der Waals surface area contributed by atoms with Gasteiger partial charge in [-0.2, -0.15) is 0 Å². The monoisotopic (exact) mass is 811 g/mol. The molecule has 6 rings (SSSR count). The second-order valence-electron chi connectivity index (χ2n) is 15.7. The van der Waals surface area contributed by atoms with Gasteiger partial charge in [-0.3, -0.25) is 0 Å². The van der Waals surface area contributed by atoms with Crippen molar-refractivity contribution in [2.75, 3.05) is 4.90 Å². The first-order chi connectivity index (χ1) is 21.6. The summed E-state index contributed by atoms with van der Waals surface area (Å²) < 4.78 is 6.49. The predicted octanol–water partition coefficient (Wildman–Crippen LogP) is 10.3. The Morgan fingerprint density at radius 2 is 1.45 bits per heavy atom. The van der Waals surface area contributed by atoms with Gasteiger partial charge in [-0.1, -0.05) is 79.0 Å². The summed E-state index contributed by atoms with van der Waals surface area (Å²) in [4.78, 5) is 12.8. The zero-order chi connectivity index (χ0) is 33.1. The van der Waals surface area contributed by atoms with Crippen LogP contribution in [0.4, 0.5) is 5.69 Å². The summed E-state index contributed by atoms with van der Waals surface area (Å²) >= 11 is 0. The molecule has 252 valence electrons. The van der Waals surface area contributed by atoms with E-state index in [1.165, 1.54) is 47.2 Å². The number of aromatic hydroxyl groups is 1. The van der Waals surface area contributed by atoms with E-state index < -0.39 is 0 Å². The molecule has 0 amide bonds. The number of amidine groups is 1. The molecule has 0 spiro atoms. The maximum absolute atomic E-state index is 10.9. The zero-order valence-electron chi connectivity index (χ0n) is 29.7. The van der Waals surface area contributed by atoms with E-state index in [9.17, 15) is 5.11 Å². The molecule has 2 heterocycles. The summed E-state index contributed by atoms with van der Waals surface area (Å²) in [6, 6.07) is 18.6. The Balaban J connectivity index is 0.00000433. The number of aromatic nitrogens is 1. The van der Waals surface area contributed by atoms with Crippen molar-refractivity contribution >= 4 is 22.4 Å². The number of anilines is 1. The molecule has 1 aliphatic carbocycles. The van der Waals surface area contributed by atoms with E-state index in [0.717, 1.165) is 40.8 Å². The minimum absolute atomic E-state index is 0. The average Bonchev–Trinajstić information content (AvgIpc) is 3.16. The van der Waals surface area contributed by atoms with E-state index in [2.05, 4.69) is 104 Å². The van der Waals surface area contributed by atoms with Crippen LogP contribution in [0.2, 0.25) is 0 Å². The molecule has 0 radical (unpaired) electrons. The van der Waals surface area contributed by atoms with Gasteiger partial charge < -0.3 is 19.7 Å². The fourth-order valence-electron chi connectivity index (χ4n) is 7.08. The molecule has 6 heteroatoms. The van der Waals surface area contributed by atoms with Gasteiger partial charge in [0.25, 0.3) is 0 Å². The summed E-state index contributed by atoms with van der Waals surface area (Å²) in [5.74, 6) is 2.18. The van der Waals surface area contributed by atoms with Gasteiger partial charge >= 0.3 is 0 Å². The maximum atomic E-state index is 10.9. The molecule has 2 aliphatic rings. The minimum atomic E-state index is -0.125. The Hall–Kier alpha value is -3.17. The number of benzene rings is 3. The fourth-order valence-corrected chi connectivity index (χ4v) is 7.08. The number of aryl methyl sites for hydroxylation is 2. The SMILES string of the molecule is Cc1cc(C)c(C)c(N2C(c3[c-]c(Oc4ccc5cc(C(C)(C)C)cc(O)c5n4)cc(C(C)(C)C)c3)=N[C@H]3CCCCC[C@@H]32)c1C.[Pt]. The van der Waals surface area contributed by atoms with E-state index >= 15 is 0 Å². The van der Waals surface area contributed by atoms with Gasteiger partial charge in [0.15, 0.2) is 0 Å². The third-order valence-electron chi connectivity index (χ3n) is 10.1. The molecule has 5 nitrogen and oxygen atoms in total. The molecular weight excluding hydrogens is 762 g/mol. The van der Waals surface area contributed by atoms with E-state index in [1.807, 2.05) is 18.2 Å². The van der Waals surface area contributed by atoms with Crippen LogP contribution in [0.5, 0.6) is 17.4 Å². The van der Waals surface area contributed by atoms with Crippen molar-refractivity contribution in [3.8, 4) is 17.4 Å². The third kappa shape index (κ3) is 6.89. The van der Waals surface area contributed by atoms with Gasteiger partial charge in [0.05, 0.1) is 11.9 Å². The number of aliphatic imine (C=N–C) groups is 1. The van der Waals surface area contributed by atoms with Gasteiger partial charge in [-0.15, -0.1) is 17.2 Å². The van der Waals surface area contributed by atoms with Crippen LogP contribution in [0, 0.1) is 33.8 Å². The van der Waals surface area contributed by atoms with Crippen LogP contribution in [0.15, 0.2) is 47.5 Å². The number of rotatable bonds is 4. The van der Waals surface area contributed by atoms with E-state index in [4.69, 9.17) is 14.7 Å². The first-order valence-electron chi connectivity index (χ1n) is 17.0. The van der Waals surface area contributed by atoms with Crippen LogP contribution in [0.3, 0.4) is 0 Å². The molecule has 1 saturated carbocycles. The second-order valence-corrected chi connectivity index (χ2v) is 15.7. The smallest absolute Gasteiger partial charge is 0.217 e. The first kappa shape index (κ1) is 35.1. The molecule has 1 aromatic heterocycles. The van der Waals surface area contributed by atoms with Crippen LogP contribution in [0.1, 0.15) is 113 Å². The van der Waals surface area contributed by atoms with Crippen LogP contribution >= 0.6 is 0 Å². The number of hydrogen-bond acceptors (Lipinski definition) is 5. The molecule has 4 aromatic rings. The standard InChI is InChI=1S/C41H50N3O2.Pt/c1-24-18-25(2)27(4)38(26(24)3)44-34-15-13-11-12-14-33(34)42-39(44)29-20-30(40(5,6)7)22-32(21-29)46-36-17-16-28-19-31(41(8,9)10)23-35(45)37(28)43-36;/h16-20,22-23,33-34,45H,11-15H2,1-10H3;/q-1;/t33-,34-;/m0./s1. The Bertz CT molecular complexity index is 1820. The Kier molecular flexibility index (Phi) is 9.74. The molecule has 1 aliphatic heterocycles. The first-order valence-corrected chi connectivity index (χ1v) is 17.0. The molecule has 47 heavy (non-hydrogen) atoms. The van der Waals surface area contributed by atoms with Crippen molar-refractivity contribution in [3.63, 3.8) is 0 Å². The Morgan fingerprint density at radius 1 is 0.809 bits per heavy atom. The normalized spacial score (nSPS) is 18.4. The average molecular weight is 812 g/mol. The van der Waals surface area contributed by atoms with Crippen molar-refractivity contribution < 1.29 is 30.9 Å².